The van der Waals surface area contributed by atoms with Crippen LogP contribution in [0.4, 0.5) is 5.69 Å². The van der Waals surface area contributed by atoms with E-state index in [9.17, 15) is 9.59 Å². The quantitative estimate of drug-likeness (QED) is 0.197. The van der Waals surface area contributed by atoms with Crippen LogP contribution in [0, 0.1) is 0 Å². The van der Waals surface area contributed by atoms with E-state index in [1.165, 1.54) is 11.0 Å². The number of nitrogens with zero attached hydrogens (tertiary/aromatic N) is 1. The molecule has 0 aliphatic carbocycles. The molecule has 178 valence electrons. The van der Waals surface area contributed by atoms with Gasteiger partial charge in [0.05, 0.1) is 15.7 Å². The Labute approximate surface area is 226 Å². The van der Waals surface area contributed by atoms with Gasteiger partial charge in [-0.3, -0.25) is 19.8 Å². The van der Waals surface area contributed by atoms with Crippen LogP contribution < -0.4 is 15.0 Å². The molecule has 1 heterocycles. The fraction of sp³-hybridized carbons (Fsp3) is 0.115. The second-order valence-electron chi connectivity index (χ2n) is 7.70. The number of anilines is 1. The van der Waals surface area contributed by atoms with Gasteiger partial charge in [-0.15, -0.1) is 0 Å². The number of nitrogens with one attached hydrogen (secondary N) is 1. The van der Waals surface area contributed by atoms with Crippen molar-refractivity contribution in [3.8, 4) is 5.75 Å². The Balaban J connectivity index is 1.65. The highest BCUT2D eigenvalue weighted by atomic mass is 79.9. The number of thiocarbonyl (C=S) groups is 1. The summed E-state index contributed by atoms with van der Waals surface area (Å²) in [4.78, 5) is 27.4. The Bertz CT molecular complexity index is 1360. The number of hydrogen-bond donors (Lipinski definition) is 1. The van der Waals surface area contributed by atoms with Crippen molar-refractivity contribution in [2.24, 2.45) is 0 Å². The van der Waals surface area contributed by atoms with Crippen molar-refractivity contribution in [3.63, 3.8) is 0 Å². The van der Waals surface area contributed by atoms with Gasteiger partial charge in [0.25, 0.3) is 11.8 Å². The van der Waals surface area contributed by atoms with Gasteiger partial charge in [-0.25, -0.2) is 0 Å². The van der Waals surface area contributed by atoms with Crippen LogP contribution in [0.25, 0.3) is 6.08 Å². The first-order valence-corrected chi connectivity index (χ1v) is 12.6. The molecule has 0 atom stereocenters. The number of amides is 2. The molecule has 0 radical (unpaired) electrons. The lowest BCUT2D eigenvalue weighted by Crippen LogP contribution is -2.54. The van der Waals surface area contributed by atoms with Crippen LogP contribution in [0.15, 0.2) is 70.7 Å². The number of benzene rings is 3. The fourth-order valence-electron chi connectivity index (χ4n) is 3.48. The van der Waals surface area contributed by atoms with Gasteiger partial charge in [0, 0.05) is 10.0 Å². The summed E-state index contributed by atoms with van der Waals surface area (Å²) in [5.41, 5.74) is 3.01. The Morgan fingerprint density at radius 3 is 2.40 bits per heavy atom. The molecule has 4 rings (SSSR count). The van der Waals surface area contributed by atoms with Gasteiger partial charge in [-0.2, -0.15) is 0 Å². The summed E-state index contributed by atoms with van der Waals surface area (Å²) in [6, 6.07) is 18.0. The van der Waals surface area contributed by atoms with Crippen molar-refractivity contribution in [2.75, 3.05) is 4.90 Å². The molecule has 0 spiro atoms. The number of hydrogen-bond acceptors (Lipinski definition) is 4. The lowest BCUT2D eigenvalue weighted by atomic mass is 10.1. The number of carbonyl (C=O) groups is 2. The smallest absolute Gasteiger partial charge is 0.270 e. The van der Waals surface area contributed by atoms with Gasteiger partial charge in [-0.05, 0) is 78.3 Å². The lowest BCUT2D eigenvalue weighted by Gasteiger charge is -2.29. The first-order chi connectivity index (χ1) is 16.8. The summed E-state index contributed by atoms with van der Waals surface area (Å²) in [5.74, 6) is -0.602. The van der Waals surface area contributed by atoms with Crippen molar-refractivity contribution in [1.29, 1.82) is 0 Å². The third-order valence-corrected chi connectivity index (χ3v) is 6.87. The summed E-state index contributed by atoms with van der Waals surface area (Å²) in [6.45, 7) is 2.26. The number of rotatable bonds is 6. The molecule has 1 aliphatic rings. The largest absolute Gasteiger partial charge is 0.488 e. The van der Waals surface area contributed by atoms with E-state index < -0.39 is 11.8 Å². The molecule has 0 aromatic heterocycles. The van der Waals surface area contributed by atoms with Crippen LogP contribution in [0.1, 0.15) is 23.6 Å². The minimum atomic E-state index is -0.572. The fourth-order valence-corrected chi connectivity index (χ4v) is 4.46. The third-order valence-electron chi connectivity index (χ3n) is 5.35. The van der Waals surface area contributed by atoms with Crippen molar-refractivity contribution >= 4 is 80.0 Å². The van der Waals surface area contributed by atoms with Gasteiger partial charge in [-0.1, -0.05) is 64.3 Å². The second-order valence-corrected chi connectivity index (χ2v) is 9.81. The van der Waals surface area contributed by atoms with E-state index in [0.29, 0.717) is 27.0 Å². The number of aryl methyl sites for hydroxylation is 1. The van der Waals surface area contributed by atoms with E-state index in [1.54, 1.807) is 24.3 Å². The average Bonchev–Trinajstić information content (AvgIpc) is 2.83. The molecule has 1 aliphatic heterocycles. The minimum absolute atomic E-state index is 0.0340. The lowest BCUT2D eigenvalue weighted by molar-refractivity contribution is -0.122. The van der Waals surface area contributed by atoms with E-state index in [4.69, 9.17) is 40.2 Å². The van der Waals surface area contributed by atoms with Crippen LogP contribution in [-0.2, 0) is 22.6 Å². The zero-order valence-corrected chi connectivity index (χ0v) is 22.4. The van der Waals surface area contributed by atoms with Crippen LogP contribution in [0.3, 0.4) is 0 Å². The zero-order chi connectivity index (χ0) is 25.1. The Hall–Kier alpha value is -2.71. The number of halogens is 3. The summed E-state index contributed by atoms with van der Waals surface area (Å²) in [6.07, 6.45) is 2.37. The summed E-state index contributed by atoms with van der Waals surface area (Å²) >= 11 is 20.8. The Kier molecular flexibility index (Phi) is 7.91. The van der Waals surface area contributed by atoms with Crippen LogP contribution >= 0.6 is 51.3 Å². The van der Waals surface area contributed by atoms with Gasteiger partial charge >= 0.3 is 0 Å². The number of carbonyl (C=O) groups excluding carboxylic acids is 2. The summed E-state index contributed by atoms with van der Waals surface area (Å²) in [7, 11) is 0. The first kappa shape index (κ1) is 25.4. The summed E-state index contributed by atoms with van der Waals surface area (Å²) in [5, 5.41) is 3.53. The molecule has 3 aromatic carbocycles. The van der Waals surface area contributed by atoms with Crippen molar-refractivity contribution in [2.45, 2.75) is 20.0 Å². The van der Waals surface area contributed by atoms with Gasteiger partial charge < -0.3 is 4.74 Å². The highest BCUT2D eigenvalue weighted by Gasteiger charge is 2.34. The van der Waals surface area contributed by atoms with E-state index >= 15 is 0 Å². The van der Waals surface area contributed by atoms with Crippen molar-refractivity contribution in [3.05, 3.63) is 97.4 Å². The molecular weight excluding hydrogens is 571 g/mol. The Morgan fingerprint density at radius 1 is 1.00 bits per heavy atom. The third kappa shape index (κ3) is 5.76. The van der Waals surface area contributed by atoms with Crippen LogP contribution in [0.5, 0.6) is 5.75 Å². The average molecular weight is 590 g/mol. The molecule has 9 heteroatoms. The van der Waals surface area contributed by atoms with E-state index in [0.717, 1.165) is 22.0 Å². The predicted octanol–water partition coefficient (Wildman–Crippen LogP) is 6.73. The van der Waals surface area contributed by atoms with E-state index in [1.807, 2.05) is 43.3 Å². The highest BCUT2D eigenvalue weighted by molar-refractivity contribution is 9.10. The molecular formula is C26H19BrCl2N2O3S. The van der Waals surface area contributed by atoms with Crippen LogP contribution in [0.2, 0.25) is 10.0 Å². The molecule has 35 heavy (non-hydrogen) atoms. The van der Waals surface area contributed by atoms with E-state index in [2.05, 4.69) is 21.2 Å². The molecule has 0 bridgehead atoms. The van der Waals surface area contributed by atoms with Crippen LogP contribution in [-0.4, -0.2) is 16.9 Å². The monoisotopic (exact) mass is 588 g/mol. The maximum atomic E-state index is 13.4. The normalized spacial score (nSPS) is 14.9. The zero-order valence-electron chi connectivity index (χ0n) is 18.5. The van der Waals surface area contributed by atoms with Crippen molar-refractivity contribution in [1.82, 2.24) is 5.32 Å². The van der Waals surface area contributed by atoms with Gasteiger partial charge in [0.2, 0.25) is 0 Å². The minimum Gasteiger partial charge on any atom is -0.488 e. The molecule has 2 amide bonds. The van der Waals surface area contributed by atoms with E-state index in [-0.39, 0.29) is 17.3 Å². The van der Waals surface area contributed by atoms with Gasteiger partial charge in [0.15, 0.2) is 5.11 Å². The second kappa shape index (κ2) is 10.9. The molecule has 1 fully saturated rings. The maximum absolute atomic E-state index is 13.4. The molecule has 3 aromatic rings. The Morgan fingerprint density at radius 2 is 1.71 bits per heavy atom. The molecule has 0 unspecified atom stereocenters. The number of ether oxygens (including phenoxy) is 1. The maximum Gasteiger partial charge on any atom is 0.270 e. The molecule has 0 saturated carbocycles. The molecule has 5 nitrogen and oxygen atoms in total. The summed E-state index contributed by atoms with van der Waals surface area (Å²) < 4.78 is 6.76. The van der Waals surface area contributed by atoms with Gasteiger partial charge in [0.1, 0.15) is 17.9 Å². The van der Waals surface area contributed by atoms with Crippen molar-refractivity contribution < 1.29 is 14.3 Å². The SMILES string of the molecule is CCc1ccc(N2C(=O)/C(=C/c3cc(Br)ccc3OCc3ccc(Cl)c(Cl)c3)C(=O)NC2=S)cc1. The molecule has 1 N–H and O–H groups in total. The topological polar surface area (TPSA) is 58.6 Å². The predicted molar refractivity (Wildman–Crippen MR) is 147 cm³/mol. The molecule has 1 saturated heterocycles. The standard InChI is InChI=1S/C26H19BrCl2N2O3S/c1-2-15-3-7-19(8-4-15)31-25(33)20(24(32)30-26(31)35)13-17-12-18(27)6-10-23(17)34-14-16-5-9-21(28)22(29)11-16/h3-13H,2,14H2,1H3,(H,30,32,35)/b20-13+. The first-order valence-electron chi connectivity index (χ1n) is 10.6. The highest BCUT2D eigenvalue weighted by Crippen LogP contribution is 2.30.